The lowest BCUT2D eigenvalue weighted by Crippen LogP contribution is -2.45. The summed E-state index contributed by atoms with van der Waals surface area (Å²) in [5.41, 5.74) is -0.458. The average molecular weight is 323 g/mol. The van der Waals surface area contributed by atoms with Gasteiger partial charge in [0, 0.05) is 25.6 Å². The van der Waals surface area contributed by atoms with Crippen molar-refractivity contribution in [1.82, 2.24) is 4.90 Å². The van der Waals surface area contributed by atoms with E-state index in [1.54, 1.807) is 0 Å². The van der Waals surface area contributed by atoms with E-state index in [-0.39, 0.29) is 6.09 Å². The molecule has 4 heteroatoms. The topological polar surface area (TPSA) is 38.8 Å². The number of hydrogen-bond acceptors (Lipinski definition) is 3. The van der Waals surface area contributed by atoms with Crippen molar-refractivity contribution in [2.45, 2.75) is 77.9 Å². The van der Waals surface area contributed by atoms with E-state index in [2.05, 4.69) is 12.8 Å². The first kappa shape index (κ1) is 19.8. The molecule has 4 nitrogen and oxygen atoms in total. The predicted octanol–water partition coefficient (Wildman–Crippen LogP) is 4.23. The van der Waals surface area contributed by atoms with Crippen molar-refractivity contribution < 1.29 is 14.3 Å². The zero-order valence-electron chi connectivity index (χ0n) is 15.3. The first-order chi connectivity index (χ1) is 10.8. The summed E-state index contributed by atoms with van der Waals surface area (Å²) in [6.07, 6.45) is 11.0. The molecule has 1 rings (SSSR count). The van der Waals surface area contributed by atoms with Gasteiger partial charge in [-0.25, -0.2) is 4.79 Å². The van der Waals surface area contributed by atoms with Crippen LogP contribution in [-0.2, 0) is 9.47 Å². The molecule has 0 aromatic rings. The number of ether oxygens (including phenoxy) is 2. The summed E-state index contributed by atoms with van der Waals surface area (Å²) >= 11 is 0. The summed E-state index contributed by atoms with van der Waals surface area (Å²) in [6, 6.07) is 0.298. The number of amides is 1. The Morgan fingerprint density at radius 2 is 1.87 bits per heavy atom. The van der Waals surface area contributed by atoms with E-state index in [9.17, 15) is 4.79 Å². The Kier molecular flexibility index (Phi) is 8.47. The van der Waals surface area contributed by atoms with Crippen molar-refractivity contribution in [3.05, 3.63) is 0 Å². The van der Waals surface area contributed by atoms with Crippen LogP contribution in [0, 0.1) is 18.3 Å². The first-order valence-corrected chi connectivity index (χ1v) is 8.84. The lowest BCUT2D eigenvalue weighted by molar-refractivity contribution is 0.00814. The Balaban J connectivity index is 2.51. The fraction of sp³-hybridized carbons (Fsp3) is 0.842. The van der Waals surface area contributed by atoms with Crippen LogP contribution in [0.15, 0.2) is 0 Å². The van der Waals surface area contributed by atoms with Gasteiger partial charge in [-0.05, 0) is 58.8 Å². The van der Waals surface area contributed by atoms with Crippen LogP contribution >= 0.6 is 0 Å². The summed E-state index contributed by atoms with van der Waals surface area (Å²) < 4.78 is 11.1. The summed E-state index contributed by atoms with van der Waals surface area (Å²) in [7, 11) is 0. The highest BCUT2D eigenvalue weighted by Gasteiger charge is 2.30. The third-order valence-corrected chi connectivity index (χ3v) is 4.13. The van der Waals surface area contributed by atoms with Gasteiger partial charge in [0.15, 0.2) is 0 Å². The van der Waals surface area contributed by atoms with E-state index in [1.165, 1.54) is 12.8 Å². The van der Waals surface area contributed by atoms with Crippen molar-refractivity contribution in [1.29, 1.82) is 0 Å². The molecule has 132 valence electrons. The van der Waals surface area contributed by atoms with Gasteiger partial charge in [0.05, 0.1) is 6.61 Å². The Bertz CT molecular complexity index is 386. The van der Waals surface area contributed by atoms with Crippen LogP contribution in [0.3, 0.4) is 0 Å². The predicted molar refractivity (Wildman–Crippen MR) is 93.2 cm³/mol. The molecule has 0 spiro atoms. The maximum atomic E-state index is 12.5. The van der Waals surface area contributed by atoms with Gasteiger partial charge in [0.2, 0.25) is 0 Å². The van der Waals surface area contributed by atoms with Gasteiger partial charge >= 0.3 is 6.09 Å². The molecule has 0 saturated heterocycles. The van der Waals surface area contributed by atoms with Crippen molar-refractivity contribution >= 4 is 6.09 Å². The van der Waals surface area contributed by atoms with Gasteiger partial charge in [-0.2, -0.15) is 0 Å². The fourth-order valence-electron chi connectivity index (χ4n) is 2.87. The van der Waals surface area contributed by atoms with Crippen LogP contribution in [0.25, 0.3) is 0 Å². The van der Waals surface area contributed by atoms with Gasteiger partial charge in [-0.3, -0.25) is 0 Å². The smallest absolute Gasteiger partial charge is 0.410 e. The Morgan fingerprint density at radius 3 is 2.43 bits per heavy atom. The van der Waals surface area contributed by atoms with E-state index in [1.807, 2.05) is 25.7 Å². The fourth-order valence-corrected chi connectivity index (χ4v) is 2.87. The monoisotopic (exact) mass is 323 g/mol. The molecule has 0 aromatic heterocycles. The van der Waals surface area contributed by atoms with Crippen molar-refractivity contribution in [2.75, 3.05) is 19.8 Å². The highest BCUT2D eigenvalue weighted by atomic mass is 16.6. The van der Waals surface area contributed by atoms with Gasteiger partial charge in [0.25, 0.3) is 0 Å². The zero-order valence-corrected chi connectivity index (χ0v) is 15.3. The van der Waals surface area contributed by atoms with Crippen LogP contribution in [0.2, 0.25) is 0 Å². The molecule has 0 bridgehead atoms. The Morgan fingerprint density at radius 1 is 1.22 bits per heavy atom. The number of nitrogens with zero attached hydrogens (tertiary/aromatic N) is 1. The number of carbonyl (C=O) groups is 1. The molecule has 0 aromatic carbocycles. The molecular weight excluding hydrogens is 290 g/mol. The van der Waals surface area contributed by atoms with Crippen LogP contribution in [-0.4, -0.2) is 42.4 Å². The van der Waals surface area contributed by atoms with Crippen molar-refractivity contribution in [3.8, 4) is 12.3 Å². The molecule has 0 radical (unpaired) electrons. The Hall–Kier alpha value is -1.21. The lowest BCUT2D eigenvalue weighted by atomic mass is 9.86. The quantitative estimate of drug-likeness (QED) is 0.520. The highest BCUT2D eigenvalue weighted by Crippen LogP contribution is 2.28. The average Bonchev–Trinajstić information content (AvgIpc) is 2.46. The van der Waals surface area contributed by atoms with Crippen LogP contribution in [0.4, 0.5) is 4.79 Å². The number of carbonyl (C=O) groups excluding carboxylic acids is 1. The van der Waals surface area contributed by atoms with E-state index in [4.69, 9.17) is 15.9 Å². The number of terminal acetylenes is 1. The summed E-state index contributed by atoms with van der Waals surface area (Å²) in [4.78, 5) is 14.5. The highest BCUT2D eigenvalue weighted by molar-refractivity contribution is 5.68. The molecule has 1 aliphatic rings. The lowest BCUT2D eigenvalue weighted by Gasteiger charge is -2.37. The van der Waals surface area contributed by atoms with Crippen molar-refractivity contribution in [3.63, 3.8) is 0 Å². The number of rotatable bonds is 7. The summed E-state index contributed by atoms with van der Waals surface area (Å²) in [5, 5.41) is 0. The maximum Gasteiger partial charge on any atom is 0.410 e. The number of hydrogen-bond donors (Lipinski definition) is 0. The molecule has 0 aliphatic heterocycles. The van der Waals surface area contributed by atoms with Crippen molar-refractivity contribution in [2.24, 2.45) is 5.92 Å². The molecule has 0 heterocycles. The minimum Gasteiger partial charge on any atom is -0.444 e. The minimum absolute atomic E-state index is 0.194. The molecule has 0 unspecified atom stereocenters. The summed E-state index contributed by atoms with van der Waals surface area (Å²) in [5.74, 6) is 3.32. The van der Waals surface area contributed by atoms with Crippen LogP contribution in [0.1, 0.15) is 66.2 Å². The molecular formula is C19H33NO3. The third kappa shape index (κ3) is 8.27. The van der Waals surface area contributed by atoms with Gasteiger partial charge in [0.1, 0.15) is 5.60 Å². The maximum absolute atomic E-state index is 12.5. The minimum atomic E-state index is -0.458. The second kappa shape index (κ2) is 9.82. The standard InChI is InChI=1S/C19H33NO3/c1-6-7-14-22-15-8-13-20(18(21)23-19(3,4)5)17-11-9-16(2)10-12-17/h1,16-17H,7-15H2,2-5H3. The SMILES string of the molecule is C#CCCOCCCN(C(=O)OC(C)(C)C)C1CCC(C)CC1. The van der Waals surface area contributed by atoms with Gasteiger partial charge in [-0.15, -0.1) is 12.3 Å². The van der Waals surface area contributed by atoms with E-state index in [0.717, 1.165) is 25.2 Å². The molecule has 1 saturated carbocycles. The van der Waals surface area contributed by atoms with Gasteiger partial charge < -0.3 is 14.4 Å². The largest absolute Gasteiger partial charge is 0.444 e. The molecule has 1 aliphatic carbocycles. The second-order valence-corrected chi connectivity index (χ2v) is 7.51. The molecule has 0 atom stereocenters. The molecule has 1 amide bonds. The van der Waals surface area contributed by atoms with Crippen LogP contribution < -0.4 is 0 Å². The van der Waals surface area contributed by atoms with Crippen LogP contribution in [0.5, 0.6) is 0 Å². The zero-order chi connectivity index (χ0) is 17.3. The molecule has 0 N–H and O–H groups in total. The Labute approximate surface area is 141 Å². The van der Waals surface area contributed by atoms with E-state index in [0.29, 0.717) is 32.2 Å². The van der Waals surface area contributed by atoms with Gasteiger partial charge in [-0.1, -0.05) is 6.92 Å². The first-order valence-electron chi connectivity index (χ1n) is 8.84. The van der Waals surface area contributed by atoms with E-state index >= 15 is 0 Å². The molecule has 1 fully saturated rings. The van der Waals surface area contributed by atoms with E-state index < -0.39 is 5.60 Å². The normalized spacial score (nSPS) is 21.5. The third-order valence-electron chi connectivity index (χ3n) is 4.13. The summed E-state index contributed by atoms with van der Waals surface area (Å²) in [6.45, 7) is 9.92. The molecule has 23 heavy (non-hydrogen) atoms. The second-order valence-electron chi connectivity index (χ2n) is 7.51.